The van der Waals surface area contributed by atoms with Crippen molar-refractivity contribution in [3.63, 3.8) is 0 Å². The summed E-state index contributed by atoms with van der Waals surface area (Å²) in [5.41, 5.74) is 0. The van der Waals surface area contributed by atoms with Crippen LogP contribution in [0.15, 0.2) is 4.52 Å². The Bertz CT molecular complexity index is 585. The number of hydrogen-bond donors (Lipinski definition) is 0. The van der Waals surface area contributed by atoms with Crippen molar-refractivity contribution in [1.82, 2.24) is 14.4 Å². The molecule has 1 aromatic heterocycles. The maximum absolute atomic E-state index is 12.3. The van der Waals surface area contributed by atoms with Crippen LogP contribution in [0, 0.1) is 6.92 Å². The molecule has 0 aromatic carbocycles. The third kappa shape index (κ3) is 2.36. The van der Waals surface area contributed by atoms with Crippen LogP contribution in [-0.2, 0) is 14.8 Å². The van der Waals surface area contributed by atoms with Crippen LogP contribution in [0.5, 0.6) is 0 Å². The Morgan fingerprint density at radius 3 is 2.90 bits per heavy atom. The van der Waals surface area contributed by atoms with Gasteiger partial charge in [-0.05, 0) is 26.7 Å². The number of fused-ring (bicyclic) bond motifs is 1. The van der Waals surface area contributed by atoms with Gasteiger partial charge < -0.3 is 9.26 Å². The lowest BCUT2D eigenvalue weighted by molar-refractivity contribution is 0.0418. The molecule has 20 heavy (non-hydrogen) atoms. The molecule has 1 aromatic rings. The molecular formula is C12H19N3O4S. The van der Waals surface area contributed by atoms with E-state index in [2.05, 4.69) is 10.1 Å². The fourth-order valence-corrected chi connectivity index (χ4v) is 4.44. The topological polar surface area (TPSA) is 85.5 Å². The minimum Gasteiger partial charge on any atom is -0.376 e. The quantitative estimate of drug-likeness (QED) is 0.816. The Labute approximate surface area is 118 Å². The fraction of sp³-hybridized carbons (Fsp3) is 0.833. The zero-order chi connectivity index (χ0) is 14.3. The van der Waals surface area contributed by atoms with E-state index < -0.39 is 10.0 Å². The van der Waals surface area contributed by atoms with Gasteiger partial charge >= 0.3 is 0 Å². The van der Waals surface area contributed by atoms with Crippen molar-refractivity contribution in [3.8, 4) is 0 Å². The second kappa shape index (κ2) is 5.09. The number of aryl methyl sites for hydroxylation is 1. The van der Waals surface area contributed by atoms with Crippen molar-refractivity contribution in [2.45, 2.75) is 44.8 Å². The van der Waals surface area contributed by atoms with Gasteiger partial charge in [-0.15, -0.1) is 0 Å². The lowest BCUT2D eigenvalue weighted by atomic mass is 9.92. The molecule has 0 amide bonds. The molecule has 2 aliphatic rings. The number of rotatable bonds is 3. The summed E-state index contributed by atoms with van der Waals surface area (Å²) < 4.78 is 37.0. The van der Waals surface area contributed by atoms with Gasteiger partial charge in [0.1, 0.15) is 0 Å². The highest BCUT2D eigenvalue weighted by Crippen LogP contribution is 2.37. The van der Waals surface area contributed by atoms with E-state index in [0.717, 1.165) is 12.8 Å². The van der Waals surface area contributed by atoms with Gasteiger partial charge in [0, 0.05) is 13.2 Å². The molecule has 3 rings (SSSR count). The average molecular weight is 301 g/mol. The average Bonchev–Trinajstić information content (AvgIpc) is 3.05. The molecule has 0 saturated carbocycles. The van der Waals surface area contributed by atoms with Gasteiger partial charge in [0.25, 0.3) is 0 Å². The first-order valence-corrected chi connectivity index (χ1v) is 8.53. The number of sulfonamides is 1. The summed E-state index contributed by atoms with van der Waals surface area (Å²) >= 11 is 0. The van der Waals surface area contributed by atoms with Crippen molar-refractivity contribution in [1.29, 1.82) is 0 Å². The lowest BCUT2D eigenvalue weighted by Gasteiger charge is -2.38. The Hall–Kier alpha value is -0.990. The Morgan fingerprint density at radius 2 is 2.25 bits per heavy atom. The molecule has 0 N–H and O–H groups in total. The molecule has 2 aliphatic heterocycles. The van der Waals surface area contributed by atoms with Crippen molar-refractivity contribution >= 4 is 10.0 Å². The Morgan fingerprint density at radius 1 is 1.45 bits per heavy atom. The molecule has 0 bridgehead atoms. The SMILES string of the molecule is CCS(=O)(=O)N1C[C@@H](c2nc(C)no2)C[C@H]2OCC[C@H]21. The standard InChI is InChI=1S/C12H19N3O4S/c1-3-20(16,17)15-7-9(12-13-8(2)14-19-12)6-11-10(15)4-5-18-11/h9-11H,3-7H2,1-2H3/t9-,10+,11+/m0/s1. The number of aromatic nitrogens is 2. The Kier molecular flexibility index (Phi) is 3.55. The summed E-state index contributed by atoms with van der Waals surface area (Å²) in [6.45, 7) is 4.44. The van der Waals surface area contributed by atoms with Crippen LogP contribution in [-0.4, -0.2) is 53.9 Å². The van der Waals surface area contributed by atoms with Gasteiger partial charge in [0.05, 0.1) is 23.8 Å². The predicted octanol–water partition coefficient (Wildman–Crippen LogP) is 0.675. The molecule has 2 fully saturated rings. The molecule has 7 nitrogen and oxygen atoms in total. The van der Waals surface area contributed by atoms with E-state index in [1.807, 2.05) is 0 Å². The summed E-state index contributed by atoms with van der Waals surface area (Å²) in [5, 5.41) is 3.79. The largest absolute Gasteiger partial charge is 0.376 e. The third-order valence-corrected chi connectivity index (χ3v) is 5.94. The maximum atomic E-state index is 12.3. The van der Waals surface area contributed by atoms with Gasteiger partial charge in [0.2, 0.25) is 15.9 Å². The Balaban J connectivity index is 1.89. The van der Waals surface area contributed by atoms with Crippen LogP contribution in [0.3, 0.4) is 0 Å². The molecule has 0 aliphatic carbocycles. The van der Waals surface area contributed by atoms with Crippen LogP contribution < -0.4 is 0 Å². The minimum atomic E-state index is -3.25. The van der Waals surface area contributed by atoms with Crippen LogP contribution >= 0.6 is 0 Å². The molecule has 0 radical (unpaired) electrons. The van der Waals surface area contributed by atoms with Crippen LogP contribution in [0.25, 0.3) is 0 Å². The van der Waals surface area contributed by atoms with Gasteiger partial charge in [-0.2, -0.15) is 9.29 Å². The molecule has 3 atom stereocenters. The highest BCUT2D eigenvalue weighted by molar-refractivity contribution is 7.89. The van der Waals surface area contributed by atoms with Gasteiger partial charge in [-0.3, -0.25) is 0 Å². The van der Waals surface area contributed by atoms with E-state index >= 15 is 0 Å². The van der Waals surface area contributed by atoms with Crippen molar-refractivity contribution in [3.05, 3.63) is 11.7 Å². The summed E-state index contributed by atoms with van der Waals surface area (Å²) in [7, 11) is -3.25. The van der Waals surface area contributed by atoms with E-state index in [4.69, 9.17) is 9.26 Å². The van der Waals surface area contributed by atoms with Crippen LogP contribution in [0.4, 0.5) is 0 Å². The van der Waals surface area contributed by atoms with Crippen molar-refractivity contribution < 1.29 is 17.7 Å². The van der Waals surface area contributed by atoms with E-state index in [1.54, 1.807) is 18.2 Å². The minimum absolute atomic E-state index is 0.0415. The number of piperidine rings is 1. The molecule has 2 saturated heterocycles. The van der Waals surface area contributed by atoms with E-state index in [1.165, 1.54) is 0 Å². The van der Waals surface area contributed by atoms with Crippen LogP contribution in [0.1, 0.15) is 37.4 Å². The van der Waals surface area contributed by atoms with E-state index in [0.29, 0.717) is 24.9 Å². The summed E-state index contributed by atoms with van der Waals surface area (Å²) in [6, 6.07) is -0.0415. The number of ether oxygens (including phenoxy) is 1. The molecule has 0 spiro atoms. The van der Waals surface area contributed by atoms with Crippen LogP contribution in [0.2, 0.25) is 0 Å². The maximum Gasteiger partial charge on any atom is 0.231 e. The number of nitrogens with zero attached hydrogens (tertiary/aromatic N) is 3. The second-order valence-corrected chi connectivity index (χ2v) is 7.56. The second-order valence-electron chi connectivity index (χ2n) is 5.35. The van der Waals surface area contributed by atoms with Gasteiger partial charge in [-0.25, -0.2) is 8.42 Å². The highest BCUT2D eigenvalue weighted by Gasteiger charge is 2.46. The zero-order valence-electron chi connectivity index (χ0n) is 11.7. The highest BCUT2D eigenvalue weighted by atomic mass is 32.2. The molecule has 0 unspecified atom stereocenters. The first-order valence-electron chi connectivity index (χ1n) is 6.92. The summed E-state index contributed by atoms with van der Waals surface area (Å²) in [6.07, 6.45) is 1.43. The summed E-state index contributed by atoms with van der Waals surface area (Å²) in [4.78, 5) is 4.24. The first kappa shape index (κ1) is 14.0. The first-order chi connectivity index (χ1) is 9.51. The summed E-state index contributed by atoms with van der Waals surface area (Å²) in [5.74, 6) is 1.09. The zero-order valence-corrected chi connectivity index (χ0v) is 12.5. The van der Waals surface area contributed by atoms with Gasteiger partial charge in [0.15, 0.2) is 5.82 Å². The predicted molar refractivity (Wildman–Crippen MR) is 70.7 cm³/mol. The van der Waals surface area contributed by atoms with Gasteiger partial charge in [-0.1, -0.05) is 5.16 Å². The number of hydrogen-bond acceptors (Lipinski definition) is 6. The van der Waals surface area contributed by atoms with E-state index in [9.17, 15) is 8.42 Å². The van der Waals surface area contributed by atoms with E-state index in [-0.39, 0.29) is 23.8 Å². The fourth-order valence-electron chi connectivity index (χ4n) is 3.04. The van der Waals surface area contributed by atoms with Crippen molar-refractivity contribution in [2.75, 3.05) is 18.9 Å². The lowest BCUT2D eigenvalue weighted by Crippen LogP contribution is -2.51. The normalized spacial score (nSPS) is 31.4. The van der Waals surface area contributed by atoms with Crippen molar-refractivity contribution in [2.24, 2.45) is 0 Å². The molecule has 3 heterocycles. The molecule has 8 heteroatoms. The molecular weight excluding hydrogens is 282 g/mol. The monoisotopic (exact) mass is 301 g/mol. The third-order valence-electron chi connectivity index (χ3n) is 4.08. The smallest absolute Gasteiger partial charge is 0.231 e. The molecule has 112 valence electrons.